The van der Waals surface area contributed by atoms with Gasteiger partial charge >= 0.3 is 0 Å². The van der Waals surface area contributed by atoms with Crippen molar-refractivity contribution in [2.75, 3.05) is 13.1 Å². The molecule has 0 spiro atoms. The van der Waals surface area contributed by atoms with E-state index in [4.69, 9.17) is 0 Å². The Morgan fingerprint density at radius 2 is 0.950 bits per heavy atom. The van der Waals surface area contributed by atoms with E-state index in [1.54, 1.807) is 26.0 Å². The summed E-state index contributed by atoms with van der Waals surface area (Å²) in [5, 5.41) is 48.0. The van der Waals surface area contributed by atoms with Crippen molar-refractivity contribution in [2.45, 2.75) is 105 Å². The SMILES string of the molecule is Cc1cc(CCC(=O)NCCCCNC(=O)CCc2cc(C)c(O)c(C(C)(C)C)c2O)c(O)c(C(C)(C)C)c1O. The molecule has 0 heterocycles. The monoisotopic (exact) mass is 556 g/mol. The minimum absolute atomic E-state index is 0.0459. The van der Waals surface area contributed by atoms with Crippen LogP contribution in [0.2, 0.25) is 0 Å². The third-order valence-electron chi connectivity index (χ3n) is 7.07. The second-order valence-corrected chi connectivity index (χ2v) is 12.8. The van der Waals surface area contributed by atoms with Gasteiger partial charge in [0.05, 0.1) is 0 Å². The molecule has 0 bridgehead atoms. The molecule has 0 atom stereocenters. The first kappa shape index (κ1) is 32.8. The number of amides is 2. The summed E-state index contributed by atoms with van der Waals surface area (Å²) in [5.41, 5.74) is 2.74. The standard InChI is InChI=1S/C32H48N2O6/c1-19-17-21(29(39)25(27(19)37)31(3,4)5)11-13-23(35)33-15-9-10-16-34-24(36)14-12-22-18-20(2)28(38)26(30(22)40)32(6,7)8/h17-18,37-40H,9-16H2,1-8H3,(H,33,35)(H,34,36). The molecule has 8 nitrogen and oxygen atoms in total. The second kappa shape index (κ2) is 13.3. The molecule has 0 aromatic heterocycles. The lowest BCUT2D eigenvalue weighted by atomic mass is 9.82. The Bertz CT molecular complexity index is 1130. The van der Waals surface area contributed by atoms with Gasteiger partial charge in [-0.05, 0) is 84.7 Å². The third-order valence-corrected chi connectivity index (χ3v) is 7.07. The van der Waals surface area contributed by atoms with Crippen LogP contribution in [0.1, 0.15) is 101 Å². The van der Waals surface area contributed by atoms with Crippen LogP contribution in [0.3, 0.4) is 0 Å². The molecule has 222 valence electrons. The number of aromatic hydroxyl groups is 4. The molecule has 2 aromatic rings. The van der Waals surface area contributed by atoms with E-state index in [1.165, 1.54) is 0 Å². The summed E-state index contributed by atoms with van der Waals surface area (Å²) in [5.74, 6) is 0.0337. The van der Waals surface area contributed by atoms with Gasteiger partial charge in [-0.25, -0.2) is 0 Å². The fraction of sp³-hybridized carbons (Fsp3) is 0.562. The summed E-state index contributed by atoms with van der Waals surface area (Å²) < 4.78 is 0. The summed E-state index contributed by atoms with van der Waals surface area (Å²) in [7, 11) is 0. The maximum atomic E-state index is 12.3. The van der Waals surface area contributed by atoms with Gasteiger partial charge in [-0.2, -0.15) is 0 Å². The van der Waals surface area contributed by atoms with E-state index in [2.05, 4.69) is 10.6 Å². The number of aryl methyl sites for hydroxylation is 4. The van der Waals surface area contributed by atoms with Crippen molar-refractivity contribution < 1.29 is 30.0 Å². The van der Waals surface area contributed by atoms with Gasteiger partial charge in [0.25, 0.3) is 0 Å². The normalized spacial score (nSPS) is 11.9. The van der Waals surface area contributed by atoms with Crippen LogP contribution in [-0.2, 0) is 33.3 Å². The zero-order chi connectivity index (χ0) is 30.4. The number of phenolic OH excluding ortho intramolecular Hbond substituents is 4. The van der Waals surface area contributed by atoms with E-state index in [9.17, 15) is 30.0 Å². The van der Waals surface area contributed by atoms with Crippen LogP contribution in [0.15, 0.2) is 12.1 Å². The van der Waals surface area contributed by atoms with Crippen molar-refractivity contribution in [2.24, 2.45) is 0 Å². The molecule has 6 N–H and O–H groups in total. The minimum atomic E-state index is -0.436. The van der Waals surface area contributed by atoms with E-state index in [1.807, 2.05) is 41.5 Å². The van der Waals surface area contributed by atoms with Crippen LogP contribution < -0.4 is 10.6 Å². The third kappa shape index (κ3) is 8.54. The van der Waals surface area contributed by atoms with Crippen molar-refractivity contribution in [3.05, 3.63) is 45.5 Å². The van der Waals surface area contributed by atoms with Crippen LogP contribution in [0, 0.1) is 13.8 Å². The highest BCUT2D eigenvalue weighted by atomic mass is 16.3. The second-order valence-electron chi connectivity index (χ2n) is 12.8. The Hall–Kier alpha value is -3.42. The lowest BCUT2D eigenvalue weighted by Crippen LogP contribution is -2.27. The minimum Gasteiger partial charge on any atom is -0.507 e. The zero-order valence-corrected chi connectivity index (χ0v) is 25.4. The highest BCUT2D eigenvalue weighted by Gasteiger charge is 2.27. The van der Waals surface area contributed by atoms with Gasteiger partial charge in [0.1, 0.15) is 23.0 Å². The lowest BCUT2D eigenvalue weighted by Gasteiger charge is -2.24. The molecule has 0 aliphatic rings. The van der Waals surface area contributed by atoms with Crippen LogP contribution in [-0.4, -0.2) is 45.3 Å². The van der Waals surface area contributed by atoms with E-state index < -0.39 is 10.8 Å². The molecule has 0 radical (unpaired) electrons. The highest BCUT2D eigenvalue weighted by Crippen LogP contribution is 2.43. The number of benzene rings is 2. The fourth-order valence-electron chi connectivity index (χ4n) is 4.92. The Morgan fingerprint density at radius 3 is 1.25 bits per heavy atom. The largest absolute Gasteiger partial charge is 0.507 e. The molecule has 0 aliphatic heterocycles. The maximum absolute atomic E-state index is 12.3. The van der Waals surface area contributed by atoms with E-state index in [-0.39, 0.29) is 47.7 Å². The maximum Gasteiger partial charge on any atom is 0.220 e. The molecule has 0 aliphatic carbocycles. The van der Waals surface area contributed by atoms with Crippen LogP contribution in [0.25, 0.3) is 0 Å². The van der Waals surface area contributed by atoms with Crippen LogP contribution in [0.5, 0.6) is 23.0 Å². The summed E-state index contributed by atoms with van der Waals surface area (Å²) in [6.45, 7) is 16.1. The molecule has 0 saturated carbocycles. The van der Waals surface area contributed by atoms with Crippen molar-refractivity contribution in [1.82, 2.24) is 10.6 Å². The van der Waals surface area contributed by atoms with Crippen molar-refractivity contribution in [1.29, 1.82) is 0 Å². The number of rotatable bonds is 11. The predicted molar refractivity (Wildman–Crippen MR) is 158 cm³/mol. The molecule has 40 heavy (non-hydrogen) atoms. The summed E-state index contributed by atoms with van der Waals surface area (Å²) in [6.07, 6.45) is 2.58. The van der Waals surface area contributed by atoms with E-state index >= 15 is 0 Å². The van der Waals surface area contributed by atoms with Crippen molar-refractivity contribution in [3.63, 3.8) is 0 Å². The first-order chi connectivity index (χ1) is 18.4. The lowest BCUT2D eigenvalue weighted by molar-refractivity contribution is -0.122. The van der Waals surface area contributed by atoms with Gasteiger partial charge < -0.3 is 31.1 Å². The van der Waals surface area contributed by atoms with Crippen molar-refractivity contribution >= 4 is 11.8 Å². The van der Waals surface area contributed by atoms with Gasteiger partial charge in [0.15, 0.2) is 0 Å². The number of carbonyl (C=O) groups excluding carboxylic acids is 2. The topological polar surface area (TPSA) is 139 Å². The van der Waals surface area contributed by atoms with Gasteiger partial charge in [-0.1, -0.05) is 41.5 Å². The first-order valence-corrected chi connectivity index (χ1v) is 14.1. The van der Waals surface area contributed by atoms with Gasteiger partial charge in [-0.3, -0.25) is 9.59 Å². The smallest absolute Gasteiger partial charge is 0.220 e. The average Bonchev–Trinajstić information content (AvgIpc) is 2.82. The summed E-state index contributed by atoms with van der Waals surface area (Å²) in [6, 6.07) is 3.45. The molecule has 2 amide bonds. The molecule has 8 heteroatoms. The van der Waals surface area contributed by atoms with Crippen LogP contribution >= 0.6 is 0 Å². The van der Waals surface area contributed by atoms with Gasteiger partial charge in [0.2, 0.25) is 11.8 Å². The molecule has 0 unspecified atom stereocenters. The number of nitrogens with one attached hydrogen (secondary N) is 2. The van der Waals surface area contributed by atoms with Crippen LogP contribution in [0.4, 0.5) is 0 Å². The Morgan fingerprint density at radius 1 is 0.625 bits per heavy atom. The molecule has 2 aromatic carbocycles. The zero-order valence-electron chi connectivity index (χ0n) is 25.4. The molecule has 2 rings (SSSR count). The Kier molecular flexibility index (Phi) is 10.9. The quantitative estimate of drug-likeness (QED) is 0.208. The molecule has 0 fully saturated rings. The fourth-order valence-corrected chi connectivity index (χ4v) is 4.92. The number of unbranched alkanes of at least 4 members (excludes halogenated alkanes) is 1. The average molecular weight is 557 g/mol. The van der Waals surface area contributed by atoms with E-state index in [0.717, 1.165) is 0 Å². The van der Waals surface area contributed by atoms with E-state index in [0.29, 0.717) is 72.2 Å². The summed E-state index contributed by atoms with van der Waals surface area (Å²) >= 11 is 0. The van der Waals surface area contributed by atoms with Crippen molar-refractivity contribution in [3.8, 4) is 23.0 Å². The highest BCUT2D eigenvalue weighted by molar-refractivity contribution is 5.77. The molecular formula is C32H48N2O6. The molecule has 0 saturated heterocycles. The number of phenols is 4. The number of hydrogen-bond donors (Lipinski definition) is 6. The van der Waals surface area contributed by atoms with Gasteiger partial charge in [0, 0.05) is 37.1 Å². The number of carbonyl (C=O) groups is 2. The Labute approximate surface area is 238 Å². The predicted octanol–water partition coefficient (Wildman–Crippen LogP) is 5.30. The Balaban J connectivity index is 1.74. The van der Waals surface area contributed by atoms with Gasteiger partial charge in [-0.15, -0.1) is 0 Å². The first-order valence-electron chi connectivity index (χ1n) is 14.1. The summed E-state index contributed by atoms with van der Waals surface area (Å²) in [4.78, 5) is 24.7. The molecular weight excluding hydrogens is 508 g/mol. The number of hydrogen-bond acceptors (Lipinski definition) is 6.